The Morgan fingerprint density at radius 3 is 2.61 bits per heavy atom. The van der Waals surface area contributed by atoms with Gasteiger partial charge in [-0.2, -0.15) is 11.8 Å². The normalized spacial score (nSPS) is 23.7. The van der Waals surface area contributed by atoms with E-state index in [-0.39, 0.29) is 29.9 Å². The van der Waals surface area contributed by atoms with Gasteiger partial charge in [0.15, 0.2) is 5.96 Å². The lowest BCUT2D eigenvalue weighted by Gasteiger charge is -2.36. The highest BCUT2D eigenvalue weighted by Crippen LogP contribution is 2.28. The molecule has 2 heterocycles. The van der Waals surface area contributed by atoms with Crippen LogP contribution in [-0.4, -0.2) is 71.9 Å². The Morgan fingerprint density at radius 1 is 1.26 bits per heavy atom. The summed E-state index contributed by atoms with van der Waals surface area (Å²) >= 11 is 2.06. The SMILES string of the molecule is CCNC(=NCC1CCSCC1)N1CCN(C2CC2)C(=O)C1.I. The third kappa shape index (κ3) is 5.41. The van der Waals surface area contributed by atoms with Crippen molar-refractivity contribution in [3.63, 3.8) is 0 Å². The fraction of sp³-hybridized carbons (Fsp3) is 0.875. The zero-order valence-electron chi connectivity index (χ0n) is 14.0. The monoisotopic (exact) mass is 452 g/mol. The van der Waals surface area contributed by atoms with Crippen LogP contribution in [0.2, 0.25) is 0 Å². The molecule has 0 radical (unpaired) electrons. The van der Waals surface area contributed by atoms with E-state index in [1.807, 2.05) is 0 Å². The lowest BCUT2D eigenvalue weighted by atomic mass is 10.0. The van der Waals surface area contributed by atoms with Crippen molar-refractivity contribution in [3.8, 4) is 0 Å². The van der Waals surface area contributed by atoms with Crippen molar-refractivity contribution >= 4 is 47.6 Å². The quantitative estimate of drug-likeness (QED) is 0.403. The van der Waals surface area contributed by atoms with E-state index in [0.29, 0.717) is 12.6 Å². The van der Waals surface area contributed by atoms with Crippen LogP contribution in [0.5, 0.6) is 0 Å². The van der Waals surface area contributed by atoms with E-state index in [1.165, 1.54) is 37.2 Å². The molecule has 0 unspecified atom stereocenters. The number of rotatable bonds is 4. The van der Waals surface area contributed by atoms with E-state index in [4.69, 9.17) is 4.99 Å². The fourth-order valence-electron chi connectivity index (χ4n) is 3.21. The van der Waals surface area contributed by atoms with Gasteiger partial charge in [-0.3, -0.25) is 9.79 Å². The molecule has 5 nitrogen and oxygen atoms in total. The Bertz CT molecular complexity index is 424. The number of amides is 1. The topological polar surface area (TPSA) is 47.9 Å². The van der Waals surface area contributed by atoms with Crippen molar-refractivity contribution in [2.24, 2.45) is 10.9 Å². The summed E-state index contributed by atoms with van der Waals surface area (Å²) < 4.78 is 0. The third-order valence-corrected chi connectivity index (χ3v) is 5.77. The molecule has 1 saturated carbocycles. The molecule has 3 aliphatic rings. The molecule has 2 saturated heterocycles. The van der Waals surface area contributed by atoms with Crippen LogP contribution in [0.4, 0.5) is 0 Å². The maximum Gasteiger partial charge on any atom is 0.242 e. The number of nitrogens with zero attached hydrogens (tertiary/aromatic N) is 3. The van der Waals surface area contributed by atoms with Crippen LogP contribution in [0.3, 0.4) is 0 Å². The molecule has 0 spiro atoms. The van der Waals surface area contributed by atoms with Crippen molar-refractivity contribution in [2.45, 2.75) is 38.6 Å². The second-order valence-corrected chi connectivity index (χ2v) is 7.71. The first-order valence-electron chi connectivity index (χ1n) is 8.68. The average Bonchev–Trinajstić information content (AvgIpc) is 3.37. The minimum Gasteiger partial charge on any atom is -0.357 e. The summed E-state index contributed by atoms with van der Waals surface area (Å²) in [5.41, 5.74) is 0. The first-order chi connectivity index (χ1) is 10.8. The van der Waals surface area contributed by atoms with Crippen LogP contribution >= 0.6 is 35.7 Å². The summed E-state index contributed by atoms with van der Waals surface area (Å²) in [5.74, 6) is 4.47. The summed E-state index contributed by atoms with van der Waals surface area (Å²) in [5, 5.41) is 3.37. The van der Waals surface area contributed by atoms with Gasteiger partial charge in [0.05, 0.1) is 6.54 Å². The summed E-state index contributed by atoms with van der Waals surface area (Å²) in [7, 11) is 0. The molecule has 1 amide bonds. The molecule has 0 atom stereocenters. The maximum atomic E-state index is 12.3. The number of hydrogen-bond donors (Lipinski definition) is 1. The number of halogens is 1. The van der Waals surface area contributed by atoms with Crippen LogP contribution < -0.4 is 5.32 Å². The van der Waals surface area contributed by atoms with Crippen LogP contribution in [0.1, 0.15) is 32.6 Å². The number of carbonyl (C=O) groups is 1. The predicted octanol–water partition coefficient (Wildman–Crippen LogP) is 2.02. The van der Waals surface area contributed by atoms with Gasteiger partial charge in [-0.1, -0.05) is 0 Å². The van der Waals surface area contributed by atoms with E-state index in [0.717, 1.165) is 38.1 Å². The molecule has 0 aromatic carbocycles. The number of aliphatic imine (C=N–C) groups is 1. The molecule has 3 fully saturated rings. The van der Waals surface area contributed by atoms with Crippen molar-refractivity contribution < 1.29 is 4.79 Å². The van der Waals surface area contributed by atoms with Gasteiger partial charge in [0.2, 0.25) is 5.91 Å². The van der Waals surface area contributed by atoms with Crippen molar-refractivity contribution in [1.29, 1.82) is 0 Å². The molecule has 0 aromatic rings. The van der Waals surface area contributed by atoms with Crippen molar-refractivity contribution in [1.82, 2.24) is 15.1 Å². The molecule has 3 rings (SSSR count). The van der Waals surface area contributed by atoms with E-state index < -0.39 is 0 Å². The first kappa shape index (κ1) is 19.1. The smallest absolute Gasteiger partial charge is 0.242 e. The second-order valence-electron chi connectivity index (χ2n) is 6.49. The first-order valence-corrected chi connectivity index (χ1v) is 9.84. The largest absolute Gasteiger partial charge is 0.357 e. The van der Waals surface area contributed by atoms with Gasteiger partial charge in [-0.05, 0) is 50.0 Å². The van der Waals surface area contributed by atoms with Gasteiger partial charge in [-0.25, -0.2) is 0 Å². The Kier molecular flexibility index (Phi) is 7.78. The fourth-order valence-corrected chi connectivity index (χ4v) is 4.41. The van der Waals surface area contributed by atoms with Gasteiger partial charge in [-0.15, -0.1) is 24.0 Å². The molecule has 0 bridgehead atoms. The van der Waals surface area contributed by atoms with Gasteiger partial charge in [0, 0.05) is 32.2 Å². The predicted molar refractivity (Wildman–Crippen MR) is 108 cm³/mol. The highest BCUT2D eigenvalue weighted by molar-refractivity contribution is 14.0. The summed E-state index contributed by atoms with van der Waals surface area (Å²) in [6.07, 6.45) is 4.95. The third-order valence-electron chi connectivity index (χ3n) is 4.72. The Hall–Kier alpha value is -0.180. The molecule has 1 N–H and O–H groups in total. The van der Waals surface area contributed by atoms with E-state index in [1.54, 1.807) is 0 Å². The molecular formula is C16H29IN4OS. The maximum absolute atomic E-state index is 12.3. The molecule has 1 aliphatic carbocycles. The lowest BCUT2D eigenvalue weighted by molar-refractivity contribution is -0.135. The number of carbonyl (C=O) groups excluding carboxylic acids is 1. The standard InChI is InChI=1S/C16H28N4OS.HI/c1-2-17-16(18-11-13-5-9-22-10-6-13)19-7-8-20(14-3-4-14)15(21)12-19;/h13-14H,2-12H2,1H3,(H,17,18);1H. The van der Waals surface area contributed by atoms with Gasteiger partial charge < -0.3 is 15.1 Å². The molecule has 7 heteroatoms. The van der Waals surface area contributed by atoms with Gasteiger partial charge >= 0.3 is 0 Å². The highest BCUT2D eigenvalue weighted by Gasteiger charge is 2.36. The average molecular weight is 452 g/mol. The number of thioether (sulfide) groups is 1. The lowest BCUT2D eigenvalue weighted by Crippen LogP contribution is -2.55. The number of piperazine rings is 1. The van der Waals surface area contributed by atoms with E-state index in [2.05, 4.69) is 33.8 Å². The van der Waals surface area contributed by atoms with E-state index >= 15 is 0 Å². The Labute approximate surface area is 161 Å². The van der Waals surface area contributed by atoms with Gasteiger partial charge in [0.25, 0.3) is 0 Å². The Morgan fingerprint density at radius 2 is 2.00 bits per heavy atom. The number of hydrogen-bond acceptors (Lipinski definition) is 3. The summed E-state index contributed by atoms with van der Waals surface area (Å²) in [6, 6.07) is 0.536. The zero-order valence-corrected chi connectivity index (χ0v) is 17.1. The van der Waals surface area contributed by atoms with Crippen LogP contribution in [0, 0.1) is 5.92 Å². The molecule has 0 aromatic heterocycles. The summed E-state index contributed by atoms with van der Waals surface area (Å²) in [6.45, 7) is 6.11. The molecule has 132 valence electrons. The van der Waals surface area contributed by atoms with Crippen molar-refractivity contribution in [2.75, 3.05) is 44.2 Å². The van der Waals surface area contributed by atoms with Gasteiger partial charge in [0.1, 0.15) is 0 Å². The molecule has 2 aliphatic heterocycles. The number of nitrogens with one attached hydrogen (secondary N) is 1. The van der Waals surface area contributed by atoms with Crippen molar-refractivity contribution in [3.05, 3.63) is 0 Å². The van der Waals surface area contributed by atoms with Crippen LogP contribution in [0.15, 0.2) is 4.99 Å². The minimum absolute atomic E-state index is 0. The zero-order chi connectivity index (χ0) is 15.4. The Balaban J connectivity index is 0.00000192. The van der Waals surface area contributed by atoms with Crippen LogP contribution in [0.25, 0.3) is 0 Å². The van der Waals surface area contributed by atoms with E-state index in [9.17, 15) is 4.79 Å². The highest BCUT2D eigenvalue weighted by atomic mass is 127. The molecule has 23 heavy (non-hydrogen) atoms. The summed E-state index contributed by atoms with van der Waals surface area (Å²) in [4.78, 5) is 21.3. The number of guanidine groups is 1. The minimum atomic E-state index is 0. The molecular weight excluding hydrogens is 423 g/mol. The van der Waals surface area contributed by atoms with Crippen LogP contribution in [-0.2, 0) is 4.79 Å². The second kappa shape index (κ2) is 9.34.